The van der Waals surface area contributed by atoms with Crippen LogP contribution in [0.1, 0.15) is 36.4 Å². The average molecular weight is 397 g/mol. The van der Waals surface area contributed by atoms with Gasteiger partial charge in [0.15, 0.2) is 0 Å². The van der Waals surface area contributed by atoms with Crippen LogP contribution in [0.15, 0.2) is 42.6 Å². The van der Waals surface area contributed by atoms with Crippen molar-refractivity contribution in [2.75, 3.05) is 19.6 Å². The molecule has 5 heterocycles. The van der Waals surface area contributed by atoms with Crippen molar-refractivity contribution in [2.24, 2.45) is 5.92 Å². The SMILES string of the molecule is O=C(CCc1ccccn1)N1C[C@@H](c2cc(F)cc(F)c2)[C@@H]2[C@H]1C1CCN2CC1. The maximum absolute atomic E-state index is 13.9. The Kier molecular flexibility index (Phi) is 4.82. The van der Waals surface area contributed by atoms with Gasteiger partial charge in [0.1, 0.15) is 11.6 Å². The highest BCUT2D eigenvalue weighted by atomic mass is 19.1. The number of hydrogen-bond donors (Lipinski definition) is 0. The van der Waals surface area contributed by atoms with Crippen LogP contribution in [0, 0.1) is 17.6 Å². The number of piperidine rings is 3. The van der Waals surface area contributed by atoms with Gasteiger partial charge in [-0.3, -0.25) is 14.7 Å². The van der Waals surface area contributed by atoms with Crippen molar-refractivity contribution in [1.82, 2.24) is 14.8 Å². The molecule has 4 nitrogen and oxygen atoms in total. The van der Waals surface area contributed by atoms with E-state index < -0.39 is 11.6 Å². The Morgan fingerprint density at radius 2 is 1.83 bits per heavy atom. The molecule has 2 bridgehead atoms. The quantitative estimate of drug-likeness (QED) is 0.794. The molecular weight excluding hydrogens is 372 g/mol. The first-order valence-corrected chi connectivity index (χ1v) is 10.5. The van der Waals surface area contributed by atoms with E-state index in [0.717, 1.165) is 37.7 Å². The third-order valence-electron chi connectivity index (χ3n) is 6.95. The van der Waals surface area contributed by atoms with Crippen molar-refractivity contribution in [1.29, 1.82) is 0 Å². The Bertz CT molecular complexity index is 878. The summed E-state index contributed by atoms with van der Waals surface area (Å²) in [7, 11) is 0. The smallest absolute Gasteiger partial charge is 0.223 e. The van der Waals surface area contributed by atoms with Crippen molar-refractivity contribution >= 4 is 5.91 Å². The number of rotatable bonds is 4. The fraction of sp³-hybridized carbons (Fsp3) is 0.478. The molecule has 152 valence electrons. The number of carbonyl (C=O) groups excluding carboxylic acids is 1. The first kappa shape index (κ1) is 18.7. The van der Waals surface area contributed by atoms with Gasteiger partial charge in [-0.1, -0.05) is 6.07 Å². The zero-order valence-electron chi connectivity index (χ0n) is 16.3. The number of amides is 1. The van der Waals surface area contributed by atoms with Gasteiger partial charge in [-0.15, -0.1) is 0 Å². The normalized spacial score (nSPS) is 30.4. The lowest BCUT2D eigenvalue weighted by molar-refractivity contribution is -0.135. The molecule has 29 heavy (non-hydrogen) atoms. The second-order valence-corrected chi connectivity index (χ2v) is 8.53. The van der Waals surface area contributed by atoms with E-state index in [4.69, 9.17) is 0 Å². The Balaban J connectivity index is 1.41. The number of likely N-dealkylation sites (tertiary alicyclic amines) is 1. The molecule has 4 fully saturated rings. The van der Waals surface area contributed by atoms with Crippen molar-refractivity contribution in [3.8, 4) is 0 Å². The number of fused-ring (bicyclic) bond motifs is 2. The number of aryl methyl sites for hydroxylation is 1. The minimum absolute atomic E-state index is 0.0490. The van der Waals surface area contributed by atoms with E-state index in [1.165, 1.54) is 12.1 Å². The second-order valence-electron chi connectivity index (χ2n) is 8.53. The average Bonchev–Trinajstić information content (AvgIpc) is 3.16. The molecule has 1 aromatic carbocycles. The minimum atomic E-state index is -0.549. The number of aromatic nitrogens is 1. The van der Waals surface area contributed by atoms with Crippen LogP contribution in [0.4, 0.5) is 8.78 Å². The molecule has 0 saturated carbocycles. The van der Waals surface area contributed by atoms with Gasteiger partial charge in [0.2, 0.25) is 5.91 Å². The first-order chi connectivity index (χ1) is 14.1. The molecule has 1 aromatic heterocycles. The molecule has 0 unspecified atom stereocenters. The summed E-state index contributed by atoms with van der Waals surface area (Å²) in [5, 5.41) is 0. The van der Waals surface area contributed by atoms with Crippen molar-refractivity contribution in [3.05, 3.63) is 65.5 Å². The fourth-order valence-electron chi connectivity index (χ4n) is 5.71. The van der Waals surface area contributed by atoms with Crippen molar-refractivity contribution < 1.29 is 13.6 Å². The summed E-state index contributed by atoms with van der Waals surface area (Å²) < 4.78 is 27.8. The first-order valence-electron chi connectivity index (χ1n) is 10.5. The van der Waals surface area contributed by atoms with E-state index in [1.807, 2.05) is 23.1 Å². The molecule has 4 aliphatic heterocycles. The number of carbonyl (C=O) groups is 1. The highest BCUT2D eigenvalue weighted by Gasteiger charge is 2.54. The molecule has 2 aromatic rings. The maximum Gasteiger partial charge on any atom is 0.223 e. The van der Waals surface area contributed by atoms with E-state index in [1.54, 1.807) is 6.20 Å². The number of benzene rings is 1. The van der Waals surface area contributed by atoms with Gasteiger partial charge in [0, 0.05) is 42.9 Å². The summed E-state index contributed by atoms with van der Waals surface area (Å²) in [5.74, 6) is -0.544. The van der Waals surface area contributed by atoms with Crippen LogP contribution in [0.3, 0.4) is 0 Å². The maximum atomic E-state index is 13.9. The Morgan fingerprint density at radius 1 is 1.07 bits per heavy atom. The number of halogens is 2. The lowest BCUT2D eigenvalue weighted by atomic mass is 9.75. The van der Waals surface area contributed by atoms with Gasteiger partial charge in [-0.25, -0.2) is 8.78 Å². The van der Waals surface area contributed by atoms with Gasteiger partial charge in [0.05, 0.1) is 6.04 Å². The van der Waals surface area contributed by atoms with Crippen LogP contribution in [-0.2, 0) is 11.2 Å². The Labute approximate surface area is 169 Å². The highest BCUT2D eigenvalue weighted by Crippen LogP contribution is 2.46. The van der Waals surface area contributed by atoms with E-state index >= 15 is 0 Å². The molecule has 3 atom stereocenters. The summed E-state index contributed by atoms with van der Waals surface area (Å²) in [6.45, 7) is 2.55. The zero-order valence-corrected chi connectivity index (χ0v) is 16.3. The van der Waals surface area contributed by atoms with Gasteiger partial charge >= 0.3 is 0 Å². The fourth-order valence-corrected chi connectivity index (χ4v) is 5.71. The number of pyridine rings is 1. The summed E-state index contributed by atoms with van der Waals surface area (Å²) >= 11 is 0. The lowest BCUT2D eigenvalue weighted by Crippen LogP contribution is -2.60. The third-order valence-corrected chi connectivity index (χ3v) is 6.95. The Morgan fingerprint density at radius 3 is 2.52 bits per heavy atom. The monoisotopic (exact) mass is 397 g/mol. The van der Waals surface area contributed by atoms with Gasteiger partial charge in [-0.2, -0.15) is 0 Å². The summed E-state index contributed by atoms with van der Waals surface area (Å²) in [6.07, 6.45) is 4.96. The molecule has 0 spiro atoms. The van der Waals surface area contributed by atoms with Gasteiger partial charge in [-0.05, 0) is 68.1 Å². The van der Waals surface area contributed by atoms with Crippen LogP contribution in [0.25, 0.3) is 0 Å². The predicted octanol–water partition coefficient (Wildman–Crippen LogP) is 3.38. The highest BCUT2D eigenvalue weighted by molar-refractivity contribution is 5.77. The van der Waals surface area contributed by atoms with Gasteiger partial charge in [0.25, 0.3) is 0 Å². The largest absolute Gasteiger partial charge is 0.337 e. The predicted molar refractivity (Wildman–Crippen MR) is 105 cm³/mol. The van der Waals surface area contributed by atoms with Crippen LogP contribution in [-0.4, -0.2) is 52.4 Å². The summed E-state index contributed by atoms with van der Waals surface area (Å²) in [6, 6.07) is 9.83. The molecule has 0 radical (unpaired) electrons. The van der Waals surface area contributed by atoms with E-state index in [2.05, 4.69) is 9.88 Å². The summed E-state index contributed by atoms with van der Waals surface area (Å²) in [4.78, 5) is 22.0. The lowest BCUT2D eigenvalue weighted by Gasteiger charge is -2.51. The van der Waals surface area contributed by atoms with Crippen molar-refractivity contribution in [3.63, 3.8) is 0 Å². The molecule has 6 rings (SSSR count). The topological polar surface area (TPSA) is 36.4 Å². The third kappa shape index (κ3) is 3.44. The number of nitrogens with zero attached hydrogens (tertiary/aromatic N) is 3. The standard InChI is InChI=1S/C23H25F2N3O/c24-17-11-16(12-18(25)13-17)20-14-28(21(29)5-4-19-3-1-2-8-26-19)22-15-6-9-27(10-7-15)23(20)22/h1-3,8,11-13,15,20,22-23H,4-7,9-10,14H2/t20-,22+,23+/m0/s1. The molecule has 6 heteroatoms. The van der Waals surface area contributed by atoms with E-state index in [0.29, 0.717) is 30.9 Å². The zero-order chi connectivity index (χ0) is 20.0. The van der Waals surface area contributed by atoms with Gasteiger partial charge < -0.3 is 4.90 Å². The summed E-state index contributed by atoms with van der Waals surface area (Å²) in [5.41, 5.74) is 1.58. The van der Waals surface area contributed by atoms with E-state index in [9.17, 15) is 13.6 Å². The molecule has 4 saturated heterocycles. The van der Waals surface area contributed by atoms with Crippen LogP contribution in [0.5, 0.6) is 0 Å². The number of hydrogen-bond acceptors (Lipinski definition) is 3. The molecule has 0 aliphatic carbocycles. The van der Waals surface area contributed by atoms with Crippen LogP contribution < -0.4 is 0 Å². The minimum Gasteiger partial charge on any atom is -0.337 e. The second kappa shape index (κ2) is 7.48. The Hall–Kier alpha value is -2.34. The molecule has 1 amide bonds. The van der Waals surface area contributed by atoms with Crippen molar-refractivity contribution in [2.45, 2.75) is 43.7 Å². The van der Waals surface area contributed by atoms with Crippen LogP contribution >= 0.6 is 0 Å². The molecular formula is C23H25F2N3O. The van der Waals surface area contributed by atoms with Crippen LogP contribution in [0.2, 0.25) is 0 Å². The molecule has 4 aliphatic rings. The van der Waals surface area contributed by atoms with E-state index in [-0.39, 0.29) is 23.9 Å². The molecule has 0 N–H and O–H groups in total.